The average molecular weight is 246 g/mol. The fraction of sp³-hybridized carbons (Fsp3) is 0.0769. The summed E-state index contributed by atoms with van der Waals surface area (Å²) in [6, 6.07) is 9.47. The first-order valence-corrected chi connectivity index (χ1v) is 5.26. The van der Waals surface area contributed by atoms with E-state index in [-0.39, 0.29) is 5.91 Å². The second-order valence-electron chi connectivity index (χ2n) is 3.56. The monoisotopic (exact) mass is 246 g/mol. The maximum Gasteiger partial charge on any atom is 0.257 e. The molecule has 0 unspecified atom stereocenters. The third kappa shape index (κ3) is 2.82. The summed E-state index contributed by atoms with van der Waals surface area (Å²) in [6.45, 7) is 0. The molecule has 0 saturated carbocycles. The minimum atomic E-state index is -0.618. The quantitative estimate of drug-likeness (QED) is 0.846. The number of pyridine rings is 1. The molecular weight excluding hydrogens is 235 g/mol. The number of nitrogens with zero attached hydrogens (tertiary/aromatic N) is 1. The van der Waals surface area contributed by atoms with Crippen molar-refractivity contribution >= 4 is 11.6 Å². The van der Waals surface area contributed by atoms with Gasteiger partial charge in [-0.15, -0.1) is 0 Å². The van der Waals surface area contributed by atoms with E-state index in [9.17, 15) is 9.18 Å². The van der Waals surface area contributed by atoms with Crippen LogP contribution in [-0.4, -0.2) is 18.0 Å². The van der Waals surface area contributed by atoms with E-state index < -0.39 is 5.95 Å². The number of amides is 1. The highest BCUT2D eigenvalue weighted by atomic mass is 19.1. The minimum absolute atomic E-state index is 0.291. The van der Waals surface area contributed by atoms with Gasteiger partial charge < -0.3 is 10.1 Å². The molecule has 0 bridgehead atoms. The molecule has 0 spiro atoms. The summed E-state index contributed by atoms with van der Waals surface area (Å²) in [7, 11) is 1.55. The molecule has 0 saturated heterocycles. The van der Waals surface area contributed by atoms with Gasteiger partial charge in [-0.1, -0.05) is 6.07 Å². The lowest BCUT2D eigenvalue weighted by atomic mass is 10.2. The zero-order valence-corrected chi connectivity index (χ0v) is 9.68. The molecule has 0 aliphatic rings. The molecule has 0 fully saturated rings. The van der Waals surface area contributed by atoms with Gasteiger partial charge in [-0.3, -0.25) is 4.79 Å². The van der Waals surface area contributed by atoms with Crippen molar-refractivity contribution in [2.45, 2.75) is 0 Å². The largest absolute Gasteiger partial charge is 0.497 e. The van der Waals surface area contributed by atoms with Crippen LogP contribution in [0.3, 0.4) is 0 Å². The van der Waals surface area contributed by atoms with Gasteiger partial charge >= 0.3 is 0 Å². The Labute approximate surface area is 103 Å². The third-order valence-electron chi connectivity index (χ3n) is 2.32. The first kappa shape index (κ1) is 12.0. The molecule has 0 radical (unpaired) electrons. The topological polar surface area (TPSA) is 51.2 Å². The number of rotatable bonds is 3. The number of nitrogens with one attached hydrogen (secondary N) is 1. The number of carbonyl (C=O) groups is 1. The molecule has 1 amide bonds. The van der Waals surface area contributed by atoms with Gasteiger partial charge in [0.25, 0.3) is 5.91 Å². The minimum Gasteiger partial charge on any atom is -0.497 e. The smallest absolute Gasteiger partial charge is 0.257 e. The van der Waals surface area contributed by atoms with Gasteiger partial charge in [-0.05, 0) is 24.3 Å². The van der Waals surface area contributed by atoms with Crippen LogP contribution in [0.15, 0.2) is 42.6 Å². The highest BCUT2D eigenvalue weighted by Gasteiger charge is 2.07. The SMILES string of the molecule is COc1cccc(NC(=O)c2ccc(F)nc2)c1. The fourth-order valence-corrected chi connectivity index (χ4v) is 1.41. The number of benzene rings is 1. The van der Waals surface area contributed by atoms with Gasteiger partial charge in [0.15, 0.2) is 0 Å². The van der Waals surface area contributed by atoms with Crippen molar-refractivity contribution in [2.75, 3.05) is 12.4 Å². The van der Waals surface area contributed by atoms with Gasteiger partial charge in [-0.2, -0.15) is 4.39 Å². The second kappa shape index (κ2) is 5.27. The zero-order chi connectivity index (χ0) is 13.0. The van der Waals surface area contributed by atoms with Gasteiger partial charge in [0.2, 0.25) is 5.95 Å². The first-order valence-electron chi connectivity index (χ1n) is 5.26. The molecule has 1 heterocycles. The Morgan fingerprint density at radius 2 is 2.17 bits per heavy atom. The van der Waals surface area contributed by atoms with Crippen molar-refractivity contribution in [3.8, 4) is 5.75 Å². The summed E-state index contributed by atoms with van der Waals surface area (Å²) in [5.74, 6) is -0.325. The van der Waals surface area contributed by atoms with Crippen LogP contribution < -0.4 is 10.1 Å². The number of hydrogen-bond acceptors (Lipinski definition) is 3. The van der Waals surface area contributed by atoms with E-state index in [1.807, 2.05) is 0 Å². The van der Waals surface area contributed by atoms with Gasteiger partial charge in [0.1, 0.15) is 5.75 Å². The van der Waals surface area contributed by atoms with E-state index in [1.165, 1.54) is 12.3 Å². The van der Waals surface area contributed by atoms with Crippen LogP contribution in [0.4, 0.5) is 10.1 Å². The van der Waals surface area contributed by atoms with Crippen LogP contribution in [0.5, 0.6) is 5.75 Å². The van der Waals surface area contributed by atoms with Gasteiger partial charge in [0.05, 0.1) is 12.7 Å². The average Bonchev–Trinajstić information content (AvgIpc) is 2.39. The molecule has 0 atom stereocenters. The van der Waals surface area contributed by atoms with Crippen LogP contribution in [0.1, 0.15) is 10.4 Å². The van der Waals surface area contributed by atoms with Crippen molar-refractivity contribution < 1.29 is 13.9 Å². The lowest BCUT2D eigenvalue weighted by Crippen LogP contribution is -2.12. The summed E-state index contributed by atoms with van der Waals surface area (Å²) < 4.78 is 17.7. The number of anilines is 1. The highest BCUT2D eigenvalue weighted by molar-refractivity contribution is 6.04. The van der Waals surface area contributed by atoms with Crippen LogP contribution >= 0.6 is 0 Å². The number of methoxy groups -OCH3 is 1. The Balaban J connectivity index is 2.13. The molecule has 0 aliphatic heterocycles. The van der Waals surface area contributed by atoms with Crippen molar-refractivity contribution in [2.24, 2.45) is 0 Å². The lowest BCUT2D eigenvalue weighted by molar-refractivity contribution is 0.102. The molecule has 2 rings (SSSR count). The molecule has 2 aromatic rings. The maximum atomic E-state index is 12.6. The molecule has 4 nitrogen and oxygen atoms in total. The van der Waals surface area contributed by atoms with E-state index >= 15 is 0 Å². The highest BCUT2D eigenvalue weighted by Crippen LogP contribution is 2.17. The molecule has 1 aromatic carbocycles. The zero-order valence-electron chi connectivity index (χ0n) is 9.68. The van der Waals surface area contributed by atoms with Gasteiger partial charge in [0, 0.05) is 18.0 Å². The predicted molar refractivity (Wildman–Crippen MR) is 65.1 cm³/mol. The molecular formula is C13H11FN2O2. The standard InChI is InChI=1S/C13H11FN2O2/c1-18-11-4-2-3-10(7-11)16-13(17)9-5-6-12(14)15-8-9/h2-8H,1H3,(H,16,17). The Kier molecular flexibility index (Phi) is 3.52. The number of halogens is 1. The first-order chi connectivity index (χ1) is 8.69. The Morgan fingerprint density at radius 1 is 1.33 bits per heavy atom. The number of hydrogen-bond donors (Lipinski definition) is 1. The van der Waals surface area contributed by atoms with Gasteiger partial charge in [-0.25, -0.2) is 4.98 Å². The molecule has 1 aromatic heterocycles. The number of carbonyl (C=O) groups excluding carboxylic acids is 1. The molecule has 92 valence electrons. The van der Waals surface area contributed by atoms with E-state index in [0.29, 0.717) is 17.0 Å². The van der Waals surface area contributed by atoms with Crippen LogP contribution in [0, 0.1) is 5.95 Å². The van der Waals surface area contributed by atoms with E-state index in [4.69, 9.17) is 4.74 Å². The maximum absolute atomic E-state index is 12.6. The van der Waals surface area contributed by atoms with Crippen molar-refractivity contribution in [3.05, 3.63) is 54.1 Å². The van der Waals surface area contributed by atoms with E-state index in [2.05, 4.69) is 10.3 Å². The fourth-order valence-electron chi connectivity index (χ4n) is 1.41. The normalized spacial score (nSPS) is 9.89. The Bertz CT molecular complexity index is 555. The second-order valence-corrected chi connectivity index (χ2v) is 3.56. The van der Waals surface area contributed by atoms with E-state index in [1.54, 1.807) is 31.4 Å². The Hall–Kier alpha value is -2.43. The Morgan fingerprint density at radius 3 is 2.83 bits per heavy atom. The summed E-state index contributed by atoms with van der Waals surface area (Å²) in [6.07, 6.45) is 1.19. The van der Waals surface area contributed by atoms with Crippen molar-refractivity contribution in [1.29, 1.82) is 0 Å². The summed E-state index contributed by atoms with van der Waals surface area (Å²) in [4.78, 5) is 15.2. The predicted octanol–water partition coefficient (Wildman–Crippen LogP) is 2.48. The molecule has 0 aliphatic carbocycles. The molecule has 18 heavy (non-hydrogen) atoms. The number of ether oxygens (including phenoxy) is 1. The number of aromatic nitrogens is 1. The summed E-state index contributed by atoms with van der Waals surface area (Å²) >= 11 is 0. The van der Waals surface area contributed by atoms with Crippen LogP contribution in [0.2, 0.25) is 0 Å². The van der Waals surface area contributed by atoms with Crippen molar-refractivity contribution in [3.63, 3.8) is 0 Å². The third-order valence-corrected chi connectivity index (χ3v) is 2.32. The summed E-state index contributed by atoms with van der Waals surface area (Å²) in [5, 5.41) is 2.67. The lowest BCUT2D eigenvalue weighted by Gasteiger charge is -2.06. The van der Waals surface area contributed by atoms with Crippen LogP contribution in [-0.2, 0) is 0 Å². The van der Waals surface area contributed by atoms with Crippen LogP contribution in [0.25, 0.3) is 0 Å². The molecule has 5 heteroatoms. The van der Waals surface area contributed by atoms with Crippen molar-refractivity contribution in [1.82, 2.24) is 4.98 Å². The molecule has 1 N–H and O–H groups in total. The summed E-state index contributed by atoms with van der Waals surface area (Å²) in [5.41, 5.74) is 0.892. The van der Waals surface area contributed by atoms with E-state index in [0.717, 1.165) is 6.07 Å².